The van der Waals surface area contributed by atoms with Gasteiger partial charge in [-0.15, -0.1) is 0 Å². The minimum absolute atomic E-state index is 0.0490. The molecule has 0 aromatic heterocycles. The molecule has 2 rings (SSSR count). The van der Waals surface area contributed by atoms with E-state index in [0.717, 1.165) is 6.42 Å². The van der Waals surface area contributed by atoms with Gasteiger partial charge in [-0.05, 0) is 55.7 Å². The van der Waals surface area contributed by atoms with E-state index < -0.39 is 0 Å². The standard InChI is InChI=1S/C16H24N2O/c1-12(17)10-16(19)18-9-8-13-6-7-14-4-2-3-5-15(14)11-13/h6-7,11-12H,2-5,8-10,17H2,1H3,(H,18,19). The Balaban J connectivity index is 1.81. The lowest BCUT2D eigenvalue weighted by atomic mass is 9.90. The Morgan fingerprint density at radius 1 is 1.32 bits per heavy atom. The molecule has 0 bridgehead atoms. The summed E-state index contributed by atoms with van der Waals surface area (Å²) in [5.41, 5.74) is 9.93. The number of benzene rings is 1. The second-order valence-electron chi connectivity index (χ2n) is 5.59. The molecule has 19 heavy (non-hydrogen) atoms. The molecule has 3 N–H and O–H groups in total. The van der Waals surface area contributed by atoms with E-state index in [4.69, 9.17) is 5.73 Å². The van der Waals surface area contributed by atoms with Gasteiger partial charge in [-0.25, -0.2) is 0 Å². The molecule has 1 aromatic carbocycles. The second-order valence-corrected chi connectivity index (χ2v) is 5.59. The third-order valence-corrected chi connectivity index (χ3v) is 3.66. The van der Waals surface area contributed by atoms with Gasteiger partial charge >= 0.3 is 0 Å². The SMILES string of the molecule is CC(N)CC(=O)NCCc1ccc2c(c1)CCCC2. The third-order valence-electron chi connectivity index (χ3n) is 3.66. The topological polar surface area (TPSA) is 55.1 Å². The predicted octanol–water partition coefficient (Wildman–Crippen LogP) is 1.96. The van der Waals surface area contributed by atoms with E-state index in [9.17, 15) is 4.79 Å². The molecule has 1 aliphatic carbocycles. The highest BCUT2D eigenvalue weighted by atomic mass is 16.1. The van der Waals surface area contributed by atoms with Crippen molar-refractivity contribution in [3.05, 3.63) is 34.9 Å². The molecule has 104 valence electrons. The Bertz CT molecular complexity index is 440. The molecule has 0 fully saturated rings. The molecule has 1 unspecified atom stereocenters. The first-order chi connectivity index (χ1) is 9.15. The molecule has 0 radical (unpaired) electrons. The van der Waals surface area contributed by atoms with Gasteiger partial charge in [0.25, 0.3) is 0 Å². The molecule has 0 saturated heterocycles. The fourth-order valence-corrected chi connectivity index (χ4v) is 2.65. The van der Waals surface area contributed by atoms with Crippen molar-refractivity contribution in [3.63, 3.8) is 0 Å². The number of aryl methyl sites for hydroxylation is 2. The van der Waals surface area contributed by atoms with E-state index >= 15 is 0 Å². The van der Waals surface area contributed by atoms with Gasteiger partial charge < -0.3 is 11.1 Å². The zero-order valence-corrected chi connectivity index (χ0v) is 11.7. The molecular weight excluding hydrogens is 236 g/mol. The highest BCUT2D eigenvalue weighted by Gasteiger charge is 2.09. The summed E-state index contributed by atoms with van der Waals surface area (Å²) in [5, 5.41) is 2.92. The lowest BCUT2D eigenvalue weighted by Gasteiger charge is -2.16. The van der Waals surface area contributed by atoms with Crippen molar-refractivity contribution in [3.8, 4) is 0 Å². The van der Waals surface area contributed by atoms with Crippen molar-refractivity contribution in [1.29, 1.82) is 0 Å². The van der Waals surface area contributed by atoms with Crippen LogP contribution < -0.4 is 11.1 Å². The summed E-state index contributed by atoms with van der Waals surface area (Å²) in [6.45, 7) is 2.55. The summed E-state index contributed by atoms with van der Waals surface area (Å²) in [6, 6.07) is 6.70. The van der Waals surface area contributed by atoms with Crippen LogP contribution in [0.4, 0.5) is 0 Å². The Kier molecular flexibility index (Phi) is 4.97. The predicted molar refractivity (Wildman–Crippen MR) is 78.1 cm³/mol. The molecule has 1 aromatic rings. The summed E-state index contributed by atoms with van der Waals surface area (Å²) in [7, 11) is 0. The molecular formula is C16H24N2O. The first kappa shape index (κ1) is 14.1. The van der Waals surface area contributed by atoms with Crippen LogP contribution >= 0.6 is 0 Å². The van der Waals surface area contributed by atoms with Gasteiger partial charge in [0.15, 0.2) is 0 Å². The van der Waals surface area contributed by atoms with Crippen LogP contribution in [-0.4, -0.2) is 18.5 Å². The highest BCUT2D eigenvalue weighted by molar-refractivity contribution is 5.76. The minimum atomic E-state index is -0.0660. The van der Waals surface area contributed by atoms with Crippen LogP contribution in [0.1, 0.15) is 42.9 Å². The molecule has 1 atom stereocenters. The van der Waals surface area contributed by atoms with E-state index in [1.165, 1.54) is 42.4 Å². The number of hydrogen-bond acceptors (Lipinski definition) is 2. The van der Waals surface area contributed by atoms with Crippen LogP contribution in [0.5, 0.6) is 0 Å². The van der Waals surface area contributed by atoms with Crippen molar-refractivity contribution in [2.24, 2.45) is 5.73 Å². The van der Waals surface area contributed by atoms with Crippen LogP contribution in [0.3, 0.4) is 0 Å². The fraction of sp³-hybridized carbons (Fsp3) is 0.562. The zero-order valence-electron chi connectivity index (χ0n) is 11.7. The lowest BCUT2D eigenvalue weighted by Crippen LogP contribution is -2.31. The van der Waals surface area contributed by atoms with Gasteiger partial charge in [-0.3, -0.25) is 4.79 Å². The minimum Gasteiger partial charge on any atom is -0.356 e. The van der Waals surface area contributed by atoms with Crippen molar-refractivity contribution in [2.45, 2.75) is 51.5 Å². The summed E-state index contributed by atoms with van der Waals surface area (Å²) in [4.78, 5) is 11.5. The molecule has 0 heterocycles. The average molecular weight is 260 g/mol. The average Bonchev–Trinajstić information content (AvgIpc) is 2.37. The van der Waals surface area contributed by atoms with E-state index in [-0.39, 0.29) is 11.9 Å². The van der Waals surface area contributed by atoms with Crippen molar-refractivity contribution in [1.82, 2.24) is 5.32 Å². The molecule has 0 spiro atoms. The van der Waals surface area contributed by atoms with Crippen molar-refractivity contribution in [2.75, 3.05) is 6.54 Å². The molecule has 3 nitrogen and oxygen atoms in total. The van der Waals surface area contributed by atoms with Gasteiger partial charge in [-0.2, -0.15) is 0 Å². The van der Waals surface area contributed by atoms with Crippen molar-refractivity contribution < 1.29 is 4.79 Å². The monoisotopic (exact) mass is 260 g/mol. The maximum Gasteiger partial charge on any atom is 0.221 e. The van der Waals surface area contributed by atoms with Crippen LogP contribution in [0.25, 0.3) is 0 Å². The Labute approximate surface area is 115 Å². The zero-order chi connectivity index (χ0) is 13.7. The molecule has 1 amide bonds. The number of fused-ring (bicyclic) bond motifs is 1. The normalized spacial score (nSPS) is 15.7. The number of nitrogens with two attached hydrogens (primary N) is 1. The van der Waals surface area contributed by atoms with Crippen molar-refractivity contribution >= 4 is 5.91 Å². The van der Waals surface area contributed by atoms with Crippen LogP contribution in [-0.2, 0) is 24.1 Å². The number of nitrogens with one attached hydrogen (secondary N) is 1. The van der Waals surface area contributed by atoms with Gasteiger partial charge in [0, 0.05) is 19.0 Å². The van der Waals surface area contributed by atoms with E-state index in [2.05, 4.69) is 23.5 Å². The van der Waals surface area contributed by atoms with Gasteiger partial charge in [0.05, 0.1) is 0 Å². The molecule has 0 aliphatic heterocycles. The van der Waals surface area contributed by atoms with E-state index in [1.807, 2.05) is 6.92 Å². The van der Waals surface area contributed by atoms with E-state index in [0.29, 0.717) is 13.0 Å². The van der Waals surface area contributed by atoms with Crippen LogP contribution in [0.15, 0.2) is 18.2 Å². The smallest absolute Gasteiger partial charge is 0.221 e. The number of carbonyl (C=O) groups excluding carboxylic acids is 1. The maximum atomic E-state index is 11.5. The lowest BCUT2D eigenvalue weighted by molar-refractivity contribution is -0.121. The van der Waals surface area contributed by atoms with Gasteiger partial charge in [0.1, 0.15) is 0 Å². The Morgan fingerprint density at radius 3 is 2.79 bits per heavy atom. The Morgan fingerprint density at radius 2 is 2.05 bits per heavy atom. The molecule has 1 aliphatic rings. The number of rotatable bonds is 5. The summed E-state index contributed by atoms with van der Waals surface area (Å²) in [5.74, 6) is 0.0490. The number of amides is 1. The molecule has 0 saturated carbocycles. The second kappa shape index (κ2) is 6.71. The number of carbonyl (C=O) groups is 1. The quantitative estimate of drug-likeness (QED) is 0.850. The Hall–Kier alpha value is -1.35. The van der Waals surface area contributed by atoms with Crippen LogP contribution in [0.2, 0.25) is 0 Å². The largest absolute Gasteiger partial charge is 0.356 e. The molecule has 3 heteroatoms. The van der Waals surface area contributed by atoms with E-state index in [1.54, 1.807) is 0 Å². The summed E-state index contributed by atoms with van der Waals surface area (Å²) < 4.78 is 0. The fourth-order valence-electron chi connectivity index (χ4n) is 2.65. The summed E-state index contributed by atoms with van der Waals surface area (Å²) >= 11 is 0. The van der Waals surface area contributed by atoms with Crippen LogP contribution in [0, 0.1) is 0 Å². The highest BCUT2D eigenvalue weighted by Crippen LogP contribution is 2.22. The third kappa shape index (κ3) is 4.35. The number of hydrogen-bond donors (Lipinski definition) is 2. The summed E-state index contributed by atoms with van der Waals surface area (Å²) in [6.07, 6.45) is 6.37. The maximum absolute atomic E-state index is 11.5. The van der Waals surface area contributed by atoms with Gasteiger partial charge in [-0.1, -0.05) is 18.2 Å². The first-order valence-corrected chi connectivity index (χ1v) is 7.28. The first-order valence-electron chi connectivity index (χ1n) is 7.28. The van der Waals surface area contributed by atoms with Gasteiger partial charge in [0.2, 0.25) is 5.91 Å².